The van der Waals surface area contributed by atoms with Gasteiger partial charge < -0.3 is 5.11 Å². The minimum Gasteiger partial charge on any atom is -0.392 e. The first-order chi connectivity index (χ1) is 8.31. The lowest BCUT2D eigenvalue weighted by molar-refractivity contribution is 0.281. The highest BCUT2D eigenvalue weighted by atomic mass is 32.1. The quantitative estimate of drug-likeness (QED) is 0.666. The zero-order valence-electron chi connectivity index (χ0n) is 9.01. The van der Waals surface area contributed by atoms with Gasteiger partial charge in [0.2, 0.25) is 0 Å². The summed E-state index contributed by atoms with van der Waals surface area (Å²) in [5.74, 6) is 0. The second-order valence-corrected chi connectivity index (χ2v) is 4.82. The summed E-state index contributed by atoms with van der Waals surface area (Å²) >= 11 is 1.50. The Balaban J connectivity index is 2.60. The first-order valence-corrected chi connectivity index (χ1v) is 6.22. The van der Waals surface area contributed by atoms with Gasteiger partial charge in [-0.05, 0) is 16.8 Å². The summed E-state index contributed by atoms with van der Waals surface area (Å²) in [6, 6.07) is 11.8. The molecule has 0 bridgehead atoms. The summed E-state index contributed by atoms with van der Waals surface area (Å²) in [6.07, 6.45) is 0. The molecule has 2 nitrogen and oxygen atoms in total. The highest BCUT2D eigenvalue weighted by molar-refractivity contribution is 7.16. The second kappa shape index (κ2) is 3.95. The third-order valence-electron chi connectivity index (χ3n) is 2.91. The minimum atomic E-state index is -0.200. The summed E-state index contributed by atoms with van der Waals surface area (Å²) in [5, 5.41) is 13.6. The maximum absolute atomic E-state index is 12.2. The molecule has 1 N–H and O–H groups in total. The van der Waals surface area contributed by atoms with Gasteiger partial charge in [-0.3, -0.25) is 4.79 Å². The first kappa shape index (κ1) is 10.4. The molecule has 0 aliphatic heterocycles. The Morgan fingerprint density at radius 1 is 1.12 bits per heavy atom. The van der Waals surface area contributed by atoms with Gasteiger partial charge in [0, 0.05) is 21.0 Å². The molecule has 0 amide bonds. The zero-order chi connectivity index (χ0) is 11.8. The molecular weight excluding hydrogens is 232 g/mol. The SMILES string of the molecule is O=c1c(CO)csc2ccc3ccccc3c12. The van der Waals surface area contributed by atoms with E-state index in [0.29, 0.717) is 5.56 Å². The maximum Gasteiger partial charge on any atom is 0.194 e. The Labute approximate surface area is 102 Å². The lowest BCUT2D eigenvalue weighted by Gasteiger charge is -2.03. The molecule has 0 atom stereocenters. The van der Waals surface area contributed by atoms with E-state index in [1.807, 2.05) is 36.4 Å². The van der Waals surface area contributed by atoms with Crippen LogP contribution >= 0.6 is 11.3 Å². The molecule has 0 unspecified atom stereocenters. The molecule has 2 aromatic carbocycles. The van der Waals surface area contributed by atoms with Crippen molar-refractivity contribution in [1.82, 2.24) is 0 Å². The Kier molecular flexibility index (Phi) is 2.42. The molecule has 0 radical (unpaired) electrons. The Bertz CT molecular complexity index is 759. The van der Waals surface area contributed by atoms with Crippen molar-refractivity contribution in [1.29, 1.82) is 0 Å². The molecule has 84 valence electrons. The third-order valence-corrected chi connectivity index (χ3v) is 3.90. The number of aliphatic hydroxyl groups is 1. The number of aliphatic hydroxyl groups excluding tert-OH is 1. The summed E-state index contributed by atoms with van der Waals surface area (Å²) in [5.41, 5.74) is 0.414. The summed E-state index contributed by atoms with van der Waals surface area (Å²) in [4.78, 5) is 12.2. The fourth-order valence-corrected chi connectivity index (χ4v) is 2.96. The van der Waals surface area contributed by atoms with E-state index in [1.54, 1.807) is 5.38 Å². The van der Waals surface area contributed by atoms with Crippen LogP contribution in [0.5, 0.6) is 0 Å². The van der Waals surface area contributed by atoms with Crippen LogP contribution in [0.15, 0.2) is 46.6 Å². The Morgan fingerprint density at radius 2 is 1.94 bits per heavy atom. The van der Waals surface area contributed by atoms with Crippen LogP contribution < -0.4 is 5.43 Å². The van der Waals surface area contributed by atoms with Crippen molar-refractivity contribution < 1.29 is 5.11 Å². The van der Waals surface area contributed by atoms with Crippen molar-refractivity contribution in [2.75, 3.05) is 0 Å². The fourth-order valence-electron chi connectivity index (χ4n) is 2.04. The fraction of sp³-hybridized carbons (Fsp3) is 0.0714. The average molecular weight is 242 g/mol. The number of rotatable bonds is 1. The third kappa shape index (κ3) is 1.55. The van der Waals surface area contributed by atoms with Crippen molar-refractivity contribution in [3.8, 4) is 0 Å². The van der Waals surface area contributed by atoms with E-state index in [-0.39, 0.29) is 12.0 Å². The van der Waals surface area contributed by atoms with Crippen LogP contribution in [-0.2, 0) is 6.61 Å². The summed E-state index contributed by atoms with van der Waals surface area (Å²) in [7, 11) is 0. The smallest absolute Gasteiger partial charge is 0.194 e. The van der Waals surface area contributed by atoms with Crippen LogP contribution in [-0.4, -0.2) is 5.11 Å². The maximum atomic E-state index is 12.2. The van der Waals surface area contributed by atoms with Crippen molar-refractivity contribution >= 4 is 32.2 Å². The standard InChI is InChI=1S/C14H10O2S/c15-7-10-8-17-12-6-5-9-3-1-2-4-11(9)13(12)14(10)16/h1-6,8,15H,7H2. The molecule has 0 saturated heterocycles. The van der Waals surface area contributed by atoms with Gasteiger partial charge >= 0.3 is 0 Å². The van der Waals surface area contributed by atoms with Gasteiger partial charge in [-0.2, -0.15) is 0 Å². The number of hydrogen-bond donors (Lipinski definition) is 1. The van der Waals surface area contributed by atoms with Crippen molar-refractivity contribution in [2.45, 2.75) is 6.61 Å². The molecular formula is C14H10O2S. The van der Waals surface area contributed by atoms with Gasteiger partial charge in [0.05, 0.1) is 6.61 Å². The monoisotopic (exact) mass is 242 g/mol. The summed E-state index contributed by atoms with van der Waals surface area (Å²) in [6.45, 7) is -0.200. The van der Waals surface area contributed by atoms with Crippen LogP contribution in [0.2, 0.25) is 0 Å². The highest BCUT2D eigenvalue weighted by Crippen LogP contribution is 2.25. The normalized spacial score (nSPS) is 11.1. The van der Waals surface area contributed by atoms with Crippen LogP contribution in [0.3, 0.4) is 0 Å². The summed E-state index contributed by atoms with van der Waals surface area (Å²) < 4.78 is 0.964. The molecule has 0 saturated carbocycles. The van der Waals surface area contributed by atoms with Gasteiger partial charge in [-0.15, -0.1) is 11.3 Å². The van der Waals surface area contributed by atoms with Gasteiger partial charge in [0.25, 0.3) is 0 Å². The molecule has 3 heteroatoms. The van der Waals surface area contributed by atoms with Crippen LogP contribution in [0.25, 0.3) is 20.9 Å². The van der Waals surface area contributed by atoms with Crippen molar-refractivity contribution in [3.63, 3.8) is 0 Å². The Morgan fingerprint density at radius 3 is 2.76 bits per heavy atom. The molecule has 0 aliphatic rings. The first-order valence-electron chi connectivity index (χ1n) is 5.34. The van der Waals surface area contributed by atoms with Crippen LogP contribution in [0.4, 0.5) is 0 Å². The van der Waals surface area contributed by atoms with Crippen LogP contribution in [0.1, 0.15) is 5.56 Å². The predicted octanol–water partition coefficient (Wildman–Crippen LogP) is 2.91. The van der Waals surface area contributed by atoms with E-state index < -0.39 is 0 Å². The van der Waals surface area contributed by atoms with E-state index >= 15 is 0 Å². The minimum absolute atomic E-state index is 0.0574. The van der Waals surface area contributed by atoms with Crippen molar-refractivity contribution in [2.24, 2.45) is 0 Å². The number of hydrogen-bond acceptors (Lipinski definition) is 3. The van der Waals surface area contributed by atoms with E-state index in [1.165, 1.54) is 11.3 Å². The van der Waals surface area contributed by atoms with Crippen molar-refractivity contribution in [3.05, 3.63) is 57.6 Å². The van der Waals surface area contributed by atoms with E-state index in [2.05, 4.69) is 0 Å². The molecule has 1 aromatic heterocycles. The molecule has 0 aliphatic carbocycles. The Hall–Kier alpha value is -1.71. The molecule has 3 rings (SSSR count). The lowest BCUT2D eigenvalue weighted by atomic mass is 10.1. The van der Waals surface area contributed by atoms with Gasteiger partial charge in [-0.1, -0.05) is 30.3 Å². The molecule has 1 heterocycles. The number of fused-ring (bicyclic) bond motifs is 3. The number of benzene rings is 2. The van der Waals surface area contributed by atoms with Gasteiger partial charge in [-0.25, -0.2) is 0 Å². The largest absolute Gasteiger partial charge is 0.392 e. The predicted molar refractivity (Wildman–Crippen MR) is 71.5 cm³/mol. The highest BCUT2D eigenvalue weighted by Gasteiger charge is 2.07. The zero-order valence-corrected chi connectivity index (χ0v) is 9.83. The van der Waals surface area contributed by atoms with E-state index in [0.717, 1.165) is 20.9 Å². The molecule has 3 aromatic rings. The van der Waals surface area contributed by atoms with Crippen LogP contribution in [0, 0.1) is 0 Å². The molecule has 17 heavy (non-hydrogen) atoms. The van der Waals surface area contributed by atoms with Gasteiger partial charge in [0.1, 0.15) is 0 Å². The topological polar surface area (TPSA) is 37.3 Å². The molecule has 0 spiro atoms. The average Bonchev–Trinajstić information content (AvgIpc) is 2.38. The second-order valence-electron chi connectivity index (χ2n) is 3.91. The van der Waals surface area contributed by atoms with E-state index in [4.69, 9.17) is 5.11 Å². The van der Waals surface area contributed by atoms with Gasteiger partial charge in [0.15, 0.2) is 5.43 Å². The molecule has 0 fully saturated rings. The van der Waals surface area contributed by atoms with E-state index in [9.17, 15) is 4.79 Å². The lowest BCUT2D eigenvalue weighted by Crippen LogP contribution is -2.07.